The molecule has 0 aliphatic heterocycles. The van der Waals surface area contributed by atoms with Crippen molar-refractivity contribution in [2.24, 2.45) is 0 Å². The molecule has 2 aromatic carbocycles. The van der Waals surface area contributed by atoms with Gasteiger partial charge in [-0.05, 0) is 36.4 Å². The van der Waals surface area contributed by atoms with E-state index in [1.807, 2.05) is 42.5 Å². The van der Waals surface area contributed by atoms with Crippen LogP contribution in [-0.2, 0) is 6.54 Å². The summed E-state index contributed by atoms with van der Waals surface area (Å²) in [5.74, 6) is 2.18. The third kappa shape index (κ3) is 4.55. The molecule has 0 amide bonds. The van der Waals surface area contributed by atoms with Gasteiger partial charge < -0.3 is 14.6 Å². The van der Waals surface area contributed by atoms with Gasteiger partial charge in [0.15, 0.2) is 0 Å². The molecule has 1 N–H and O–H groups in total. The Morgan fingerprint density at radius 2 is 1.65 bits per heavy atom. The second-order valence-corrected chi connectivity index (χ2v) is 4.98. The van der Waals surface area contributed by atoms with Crippen LogP contribution in [0.4, 0.5) is 0 Å². The molecule has 0 saturated heterocycles. The molecule has 6 nitrogen and oxygen atoms in total. The van der Waals surface area contributed by atoms with E-state index < -0.39 is 6.10 Å². The van der Waals surface area contributed by atoms with Crippen LogP contribution in [0.2, 0.25) is 0 Å². The zero-order valence-corrected chi connectivity index (χ0v) is 12.4. The maximum absolute atomic E-state index is 9.89. The lowest BCUT2D eigenvalue weighted by Gasteiger charge is -2.12. The normalized spacial score (nSPS) is 11.9. The van der Waals surface area contributed by atoms with Gasteiger partial charge in [0.25, 0.3) is 0 Å². The number of nitrogens with zero attached hydrogens (tertiary/aromatic N) is 3. The molecule has 0 aliphatic carbocycles. The van der Waals surface area contributed by atoms with Gasteiger partial charge in [0.2, 0.25) is 0 Å². The highest BCUT2D eigenvalue weighted by molar-refractivity contribution is 5.35. The number of rotatable bonds is 7. The van der Waals surface area contributed by atoms with E-state index in [-0.39, 0.29) is 6.61 Å². The third-order valence-electron chi connectivity index (χ3n) is 3.11. The van der Waals surface area contributed by atoms with Crippen molar-refractivity contribution in [2.75, 3.05) is 6.61 Å². The SMILES string of the molecule is O[C@H](COc1ccc(Oc2ccccc2)cc1)Cn1ccnn1. The molecule has 3 rings (SSSR count). The highest BCUT2D eigenvalue weighted by atomic mass is 16.5. The number of hydrogen-bond donors (Lipinski definition) is 1. The van der Waals surface area contributed by atoms with Crippen molar-refractivity contribution < 1.29 is 14.6 Å². The average molecular weight is 311 g/mol. The first kappa shape index (κ1) is 15.1. The summed E-state index contributed by atoms with van der Waals surface area (Å²) in [6.45, 7) is 0.522. The fourth-order valence-electron chi connectivity index (χ4n) is 2.02. The molecular formula is C17H17N3O3. The predicted octanol–water partition coefficient (Wildman–Crippen LogP) is 2.51. The molecule has 6 heteroatoms. The van der Waals surface area contributed by atoms with Crippen molar-refractivity contribution in [1.29, 1.82) is 0 Å². The van der Waals surface area contributed by atoms with E-state index in [9.17, 15) is 5.11 Å². The Morgan fingerprint density at radius 3 is 2.35 bits per heavy atom. The summed E-state index contributed by atoms with van der Waals surface area (Å²) in [6, 6.07) is 16.8. The summed E-state index contributed by atoms with van der Waals surface area (Å²) >= 11 is 0. The number of para-hydroxylation sites is 1. The van der Waals surface area contributed by atoms with Gasteiger partial charge >= 0.3 is 0 Å². The molecule has 0 bridgehead atoms. The number of hydrogen-bond acceptors (Lipinski definition) is 5. The average Bonchev–Trinajstić information content (AvgIpc) is 3.08. The predicted molar refractivity (Wildman–Crippen MR) is 84.5 cm³/mol. The van der Waals surface area contributed by atoms with Gasteiger partial charge in [-0.3, -0.25) is 0 Å². The summed E-state index contributed by atoms with van der Waals surface area (Å²) in [7, 11) is 0. The summed E-state index contributed by atoms with van der Waals surface area (Å²) in [5.41, 5.74) is 0. The van der Waals surface area contributed by atoms with E-state index in [0.29, 0.717) is 12.3 Å². The first-order valence-corrected chi connectivity index (χ1v) is 7.27. The van der Waals surface area contributed by atoms with Gasteiger partial charge in [0.1, 0.15) is 30.0 Å². The number of benzene rings is 2. The van der Waals surface area contributed by atoms with Crippen molar-refractivity contribution in [1.82, 2.24) is 15.0 Å². The van der Waals surface area contributed by atoms with Crippen molar-refractivity contribution >= 4 is 0 Å². The van der Waals surface area contributed by atoms with Crippen molar-refractivity contribution in [3.8, 4) is 17.2 Å². The van der Waals surface area contributed by atoms with Crippen LogP contribution in [0, 0.1) is 0 Å². The maximum atomic E-state index is 9.89. The lowest BCUT2D eigenvalue weighted by Crippen LogP contribution is -2.23. The first-order chi connectivity index (χ1) is 11.3. The Kier molecular flexibility index (Phi) is 4.85. The molecule has 0 spiro atoms. The molecule has 1 atom stereocenters. The fourth-order valence-corrected chi connectivity index (χ4v) is 2.02. The van der Waals surface area contributed by atoms with Crippen molar-refractivity contribution in [2.45, 2.75) is 12.6 Å². The van der Waals surface area contributed by atoms with Crippen LogP contribution in [0.5, 0.6) is 17.2 Å². The minimum Gasteiger partial charge on any atom is -0.491 e. The molecule has 23 heavy (non-hydrogen) atoms. The maximum Gasteiger partial charge on any atom is 0.127 e. The lowest BCUT2D eigenvalue weighted by atomic mass is 10.3. The zero-order valence-electron chi connectivity index (χ0n) is 12.4. The van der Waals surface area contributed by atoms with Gasteiger partial charge in [-0.2, -0.15) is 0 Å². The highest BCUT2D eigenvalue weighted by Crippen LogP contribution is 2.23. The van der Waals surface area contributed by atoms with Crippen molar-refractivity contribution in [3.05, 3.63) is 67.0 Å². The van der Waals surface area contributed by atoms with Gasteiger partial charge in [0.05, 0.1) is 12.7 Å². The second kappa shape index (κ2) is 7.42. The smallest absolute Gasteiger partial charge is 0.127 e. The highest BCUT2D eigenvalue weighted by Gasteiger charge is 2.07. The Hall–Kier alpha value is -2.86. The van der Waals surface area contributed by atoms with Crippen molar-refractivity contribution in [3.63, 3.8) is 0 Å². The quantitative estimate of drug-likeness (QED) is 0.726. The van der Waals surface area contributed by atoms with E-state index in [2.05, 4.69) is 10.3 Å². The molecule has 3 aromatic rings. The number of aromatic nitrogens is 3. The van der Waals surface area contributed by atoms with Crippen LogP contribution >= 0.6 is 0 Å². The molecule has 0 radical (unpaired) electrons. The molecule has 118 valence electrons. The van der Waals surface area contributed by atoms with E-state index in [0.717, 1.165) is 11.5 Å². The molecule has 1 heterocycles. The van der Waals surface area contributed by atoms with Crippen LogP contribution in [-0.4, -0.2) is 32.8 Å². The minimum atomic E-state index is -0.656. The van der Waals surface area contributed by atoms with Gasteiger partial charge in [-0.25, -0.2) is 4.68 Å². The number of aliphatic hydroxyl groups is 1. The van der Waals surface area contributed by atoms with Gasteiger partial charge in [-0.1, -0.05) is 23.4 Å². The van der Waals surface area contributed by atoms with E-state index in [4.69, 9.17) is 9.47 Å². The largest absolute Gasteiger partial charge is 0.491 e. The topological polar surface area (TPSA) is 69.4 Å². The van der Waals surface area contributed by atoms with Gasteiger partial charge in [-0.15, -0.1) is 5.10 Å². The van der Waals surface area contributed by atoms with E-state index >= 15 is 0 Å². The van der Waals surface area contributed by atoms with Crippen LogP contribution in [0.15, 0.2) is 67.0 Å². The van der Waals surface area contributed by atoms with E-state index in [1.165, 1.54) is 0 Å². The Balaban J connectivity index is 1.49. The van der Waals surface area contributed by atoms with Crippen LogP contribution in [0.3, 0.4) is 0 Å². The Labute approximate surface area is 133 Å². The van der Waals surface area contributed by atoms with Crippen LogP contribution < -0.4 is 9.47 Å². The second-order valence-electron chi connectivity index (χ2n) is 4.98. The fraction of sp³-hybridized carbons (Fsp3) is 0.176. The first-order valence-electron chi connectivity index (χ1n) is 7.27. The van der Waals surface area contributed by atoms with Crippen LogP contribution in [0.25, 0.3) is 0 Å². The molecule has 0 saturated carbocycles. The standard InChI is InChI=1S/C17H17N3O3/c21-14(12-20-11-10-18-19-20)13-22-15-6-8-17(9-7-15)23-16-4-2-1-3-5-16/h1-11,14,21H,12-13H2/t14-/m0/s1. The third-order valence-corrected chi connectivity index (χ3v) is 3.11. The summed E-state index contributed by atoms with van der Waals surface area (Å²) in [6.07, 6.45) is 2.61. The monoisotopic (exact) mass is 311 g/mol. The zero-order chi connectivity index (χ0) is 15.9. The summed E-state index contributed by atoms with van der Waals surface area (Å²) in [4.78, 5) is 0. The Morgan fingerprint density at radius 1 is 0.957 bits per heavy atom. The molecule has 0 fully saturated rings. The summed E-state index contributed by atoms with van der Waals surface area (Å²) in [5, 5.41) is 17.4. The van der Waals surface area contributed by atoms with Crippen LogP contribution in [0.1, 0.15) is 0 Å². The number of aliphatic hydroxyl groups excluding tert-OH is 1. The molecule has 0 aliphatic rings. The summed E-state index contributed by atoms with van der Waals surface area (Å²) < 4.78 is 12.8. The van der Waals surface area contributed by atoms with Gasteiger partial charge in [0, 0.05) is 6.20 Å². The minimum absolute atomic E-state index is 0.179. The lowest BCUT2D eigenvalue weighted by molar-refractivity contribution is 0.0888. The Bertz CT molecular complexity index is 700. The molecule has 1 aromatic heterocycles. The molecule has 0 unspecified atom stereocenters. The number of ether oxygens (including phenoxy) is 2. The molecular weight excluding hydrogens is 294 g/mol. The van der Waals surface area contributed by atoms with E-state index in [1.54, 1.807) is 29.2 Å².